The first-order valence-electron chi connectivity index (χ1n) is 21.0. The number of benzene rings is 1. The Morgan fingerprint density at radius 1 is 0.847 bits per heavy atom. The van der Waals surface area contributed by atoms with Gasteiger partial charge >= 0.3 is 11.9 Å². The lowest BCUT2D eigenvalue weighted by atomic mass is 9.82. The number of cyclic esters (lactones) is 2. The highest BCUT2D eigenvalue weighted by atomic mass is 16.6. The summed E-state index contributed by atoms with van der Waals surface area (Å²) in [5.41, 5.74) is -0.679. The highest BCUT2D eigenvalue weighted by molar-refractivity contribution is 5.96. The lowest BCUT2D eigenvalue weighted by molar-refractivity contribution is -0.169. The molecule has 3 rings (SSSR count). The summed E-state index contributed by atoms with van der Waals surface area (Å²) in [6.45, 7) is 15.7. The van der Waals surface area contributed by atoms with Crippen LogP contribution in [0.2, 0.25) is 0 Å². The Hall–Kier alpha value is -4.93. The van der Waals surface area contributed by atoms with Crippen LogP contribution in [0.3, 0.4) is 0 Å². The second-order valence-corrected chi connectivity index (χ2v) is 17.4. The van der Waals surface area contributed by atoms with Gasteiger partial charge in [0.1, 0.15) is 36.3 Å². The van der Waals surface area contributed by atoms with Crippen LogP contribution in [-0.2, 0) is 49.5 Å². The molecule has 2 saturated heterocycles. The molecule has 0 saturated carbocycles. The molecule has 0 radical (unpaired) electrons. The third-order valence-electron chi connectivity index (χ3n) is 12.0. The van der Waals surface area contributed by atoms with E-state index in [0.29, 0.717) is 32.1 Å². The molecule has 2 heterocycles. The molecule has 1 aromatic rings. The molecular weight excluding hydrogens is 755 g/mol. The average Bonchev–Trinajstić information content (AvgIpc) is 3.69. The fourth-order valence-electron chi connectivity index (χ4n) is 7.57. The number of fused-ring (bicyclic) bond motifs is 1. The van der Waals surface area contributed by atoms with E-state index in [-0.39, 0.29) is 19.4 Å². The number of esters is 2. The summed E-state index contributed by atoms with van der Waals surface area (Å²) >= 11 is 0. The molecule has 1 aromatic carbocycles. The number of ether oxygens (including phenoxy) is 2. The number of nitrogens with zero attached hydrogens (tertiary/aromatic N) is 3. The molecule has 5 amide bonds. The Morgan fingerprint density at radius 3 is 2.05 bits per heavy atom. The minimum Gasteiger partial charge on any atom is -0.460 e. The molecule has 0 spiro atoms. The molecule has 0 bridgehead atoms. The van der Waals surface area contributed by atoms with E-state index in [1.54, 1.807) is 53.7 Å². The van der Waals surface area contributed by atoms with Crippen molar-refractivity contribution >= 4 is 41.5 Å². The van der Waals surface area contributed by atoms with Crippen molar-refractivity contribution in [3.8, 4) is 12.3 Å². The van der Waals surface area contributed by atoms with Crippen LogP contribution < -0.4 is 10.6 Å². The summed E-state index contributed by atoms with van der Waals surface area (Å²) in [7, 11) is 2.95. The zero-order valence-electron chi connectivity index (χ0n) is 36.9. The number of hydrogen-bond donors (Lipinski definition) is 2. The number of hydrogen-bond acceptors (Lipinski definition) is 9. The molecule has 8 atom stereocenters. The Balaban J connectivity index is 2.20. The van der Waals surface area contributed by atoms with Crippen molar-refractivity contribution in [3.63, 3.8) is 0 Å². The minimum atomic E-state index is -1.40. The van der Waals surface area contributed by atoms with Gasteiger partial charge in [-0.05, 0) is 69.8 Å². The molecular formula is C45H67N5O9. The van der Waals surface area contributed by atoms with E-state index in [1.165, 1.54) is 35.7 Å². The molecule has 0 aromatic heterocycles. The topological polar surface area (TPSA) is 172 Å². The smallest absolute Gasteiger partial charge is 0.329 e. The second-order valence-electron chi connectivity index (χ2n) is 17.4. The second kappa shape index (κ2) is 21.4. The van der Waals surface area contributed by atoms with Crippen LogP contribution >= 0.6 is 0 Å². The van der Waals surface area contributed by atoms with E-state index in [2.05, 4.69) is 16.6 Å². The largest absolute Gasteiger partial charge is 0.460 e. The minimum absolute atomic E-state index is 0.0112. The van der Waals surface area contributed by atoms with Crippen molar-refractivity contribution in [2.75, 3.05) is 20.6 Å². The molecule has 2 aliphatic rings. The first-order valence-corrected chi connectivity index (χ1v) is 21.0. The standard InChI is InChI=1S/C45H67N5O9/c1-13-15-17-24-34-45(9,10)44(57)47-35(27(3)4)41(54)49(12)37(29(7)14-2)43(56)58-33(26-31-21-18-16-19-22-31)40(53)50-25-20-23-32(50)39(52)48(11)30(8)38(51)46-36(28(5)6)42(55)59-34/h1,16,18-19,21-22,27-30,32-37H,14-15,17,20,23-26H2,2-12H3,(H,46,51)(H,47,57)/t29-,30+,32+,33+,34+,35+,36?,37+/m1/s1. The lowest BCUT2D eigenvalue weighted by Gasteiger charge is -2.38. The van der Waals surface area contributed by atoms with E-state index in [9.17, 15) is 33.6 Å². The van der Waals surface area contributed by atoms with Crippen LogP contribution in [-0.4, -0.2) is 119 Å². The lowest BCUT2D eigenvalue weighted by Crippen LogP contribution is -2.60. The highest BCUT2D eigenvalue weighted by Gasteiger charge is 2.46. The summed E-state index contributed by atoms with van der Waals surface area (Å²) in [5, 5.41) is 5.66. The average molecular weight is 822 g/mol. The van der Waals surface area contributed by atoms with Gasteiger partial charge in [-0.1, -0.05) is 78.3 Å². The van der Waals surface area contributed by atoms with Crippen LogP contribution in [0.1, 0.15) is 106 Å². The van der Waals surface area contributed by atoms with Gasteiger partial charge in [-0.25, -0.2) is 9.59 Å². The fraction of sp³-hybridized carbons (Fsp3) is 0.667. The number of amides is 5. The molecule has 1 unspecified atom stereocenters. The number of terminal acetylenes is 1. The third-order valence-corrected chi connectivity index (χ3v) is 12.0. The number of unbranched alkanes of at least 4 members (excludes halogenated alkanes) is 1. The summed E-state index contributed by atoms with van der Waals surface area (Å²) < 4.78 is 12.2. The number of carbonyl (C=O) groups is 7. The molecule has 2 fully saturated rings. The van der Waals surface area contributed by atoms with Gasteiger partial charge in [0.15, 0.2) is 6.10 Å². The Kier molecular flexibility index (Phi) is 17.5. The van der Waals surface area contributed by atoms with Crippen LogP contribution in [0.5, 0.6) is 0 Å². The maximum absolute atomic E-state index is 14.5. The van der Waals surface area contributed by atoms with Gasteiger partial charge < -0.3 is 34.8 Å². The SMILES string of the molecule is C#CCCC[C@@H]1OC(=O)C(C(C)C)NC(=O)[C@H](C)N(C)C(=O)[C@@H]2CCCN2C(=O)[C@H](Cc2ccccc2)OC(=O)[C@H]([C@H](C)CC)N(C)C(=O)[C@H](C(C)C)NC(=O)C1(C)C. The Labute approximate surface area is 350 Å². The van der Waals surface area contributed by atoms with Gasteiger partial charge in [-0.2, -0.15) is 0 Å². The third kappa shape index (κ3) is 11.9. The molecule has 14 heteroatoms. The van der Waals surface area contributed by atoms with Gasteiger partial charge in [-0.15, -0.1) is 12.3 Å². The molecule has 2 N–H and O–H groups in total. The summed E-state index contributed by atoms with van der Waals surface area (Å²) in [5.74, 6) is -3.12. The van der Waals surface area contributed by atoms with Crippen molar-refractivity contribution in [1.82, 2.24) is 25.3 Å². The molecule has 0 aliphatic carbocycles. The quantitative estimate of drug-likeness (QED) is 0.213. The van der Waals surface area contributed by atoms with Crippen LogP contribution in [0.15, 0.2) is 30.3 Å². The zero-order chi connectivity index (χ0) is 44.4. The summed E-state index contributed by atoms with van der Waals surface area (Å²) in [6.07, 6.45) is 5.48. The number of nitrogens with one attached hydrogen (secondary N) is 2. The Morgan fingerprint density at radius 2 is 1.47 bits per heavy atom. The molecule has 326 valence electrons. The predicted molar refractivity (Wildman–Crippen MR) is 223 cm³/mol. The van der Waals surface area contributed by atoms with Gasteiger partial charge in [0.2, 0.25) is 23.6 Å². The van der Waals surface area contributed by atoms with Crippen molar-refractivity contribution in [1.29, 1.82) is 0 Å². The molecule has 59 heavy (non-hydrogen) atoms. The predicted octanol–water partition coefficient (Wildman–Crippen LogP) is 3.89. The van der Waals surface area contributed by atoms with Crippen molar-refractivity contribution < 1.29 is 43.0 Å². The van der Waals surface area contributed by atoms with Crippen molar-refractivity contribution in [2.24, 2.45) is 23.2 Å². The van der Waals surface area contributed by atoms with Gasteiger partial charge in [0.25, 0.3) is 5.91 Å². The number of carbonyl (C=O) groups excluding carboxylic acids is 7. The van der Waals surface area contributed by atoms with E-state index in [4.69, 9.17) is 15.9 Å². The zero-order valence-corrected chi connectivity index (χ0v) is 36.9. The summed E-state index contributed by atoms with van der Waals surface area (Å²) in [4.78, 5) is 104. The first kappa shape index (κ1) is 48.4. The van der Waals surface area contributed by atoms with Gasteiger partial charge in [0.05, 0.1) is 5.41 Å². The van der Waals surface area contributed by atoms with Crippen LogP contribution in [0.25, 0.3) is 0 Å². The first-order chi connectivity index (χ1) is 27.7. The van der Waals surface area contributed by atoms with E-state index in [0.717, 1.165) is 5.56 Å². The monoisotopic (exact) mass is 821 g/mol. The maximum Gasteiger partial charge on any atom is 0.329 e. The van der Waals surface area contributed by atoms with Crippen molar-refractivity contribution in [2.45, 2.75) is 150 Å². The highest BCUT2D eigenvalue weighted by Crippen LogP contribution is 2.31. The van der Waals surface area contributed by atoms with Gasteiger partial charge in [-0.3, -0.25) is 24.0 Å². The van der Waals surface area contributed by atoms with E-state index >= 15 is 0 Å². The summed E-state index contributed by atoms with van der Waals surface area (Å²) in [6, 6.07) is 3.66. The van der Waals surface area contributed by atoms with Gasteiger partial charge in [0, 0.05) is 33.5 Å². The van der Waals surface area contributed by atoms with E-state index < -0.39 is 107 Å². The van der Waals surface area contributed by atoms with Crippen LogP contribution in [0.4, 0.5) is 0 Å². The maximum atomic E-state index is 14.5. The number of rotatable bonds is 9. The normalized spacial score (nSPS) is 27.6. The Bertz CT molecular complexity index is 1710. The van der Waals surface area contributed by atoms with E-state index in [1.807, 2.05) is 32.0 Å². The van der Waals surface area contributed by atoms with Crippen LogP contribution in [0, 0.1) is 35.5 Å². The fourth-order valence-corrected chi connectivity index (χ4v) is 7.57. The molecule has 2 aliphatic heterocycles. The molecule has 14 nitrogen and oxygen atoms in total. The van der Waals surface area contributed by atoms with Crippen molar-refractivity contribution in [3.05, 3.63) is 35.9 Å². The number of likely N-dealkylation sites (N-methyl/N-ethyl adjacent to an activating group) is 2.